The second-order valence-corrected chi connectivity index (χ2v) is 9.79. The van der Waals surface area contributed by atoms with E-state index >= 15 is 0 Å². The van der Waals surface area contributed by atoms with E-state index in [1.165, 1.54) is 6.08 Å². The maximum atomic E-state index is 11.8. The van der Waals surface area contributed by atoms with Crippen LogP contribution in [-0.2, 0) is 23.6 Å². The fourth-order valence-electron chi connectivity index (χ4n) is 2.93. The number of carbonyl (C=O) groups is 2. The van der Waals surface area contributed by atoms with Crippen molar-refractivity contribution in [2.75, 3.05) is 19.8 Å². The molecule has 33 heavy (non-hydrogen) atoms. The molecule has 1 fully saturated rings. The molecule has 0 unspecified atom stereocenters. The van der Waals surface area contributed by atoms with Gasteiger partial charge in [-0.15, -0.1) is 0 Å². The first-order chi connectivity index (χ1) is 15.2. The molecule has 1 aliphatic heterocycles. The molecule has 1 aromatic rings. The highest BCUT2D eigenvalue weighted by atomic mass is 16.7. The summed E-state index contributed by atoms with van der Waals surface area (Å²) in [6.45, 7) is 15.9. The summed E-state index contributed by atoms with van der Waals surface area (Å²) in [6, 6.07) is 5.50. The van der Waals surface area contributed by atoms with E-state index < -0.39 is 36.0 Å². The first kappa shape index (κ1) is 26.7. The summed E-state index contributed by atoms with van der Waals surface area (Å²) in [7, 11) is -0.590. The smallest absolute Gasteiger partial charge is 0.492 e. The van der Waals surface area contributed by atoms with Gasteiger partial charge in [0.05, 0.1) is 24.4 Å². The SMILES string of the molecule is CCOC(=O)/C=C/c1cc(OCCNC(=O)OC(C)(C)C)cc(B2OC(C)(C)C(C)(C)O2)c1. The summed E-state index contributed by atoms with van der Waals surface area (Å²) < 4.78 is 28.3. The summed E-state index contributed by atoms with van der Waals surface area (Å²) >= 11 is 0. The third-order valence-corrected chi connectivity index (χ3v) is 5.21. The third kappa shape index (κ3) is 8.09. The zero-order valence-corrected chi connectivity index (χ0v) is 20.9. The van der Waals surface area contributed by atoms with Crippen LogP contribution >= 0.6 is 0 Å². The molecule has 1 heterocycles. The van der Waals surface area contributed by atoms with Crippen LogP contribution in [0.3, 0.4) is 0 Å². The molecule has 0 atom stereocenters. The lowest BCUT2D eigenvalue weighted by Crippen LogP contribution is -2.41. The van der Waals surface area contributed by atoms with Gasteiger partial charge in [-0.05, 0) is 84.6 Å². The van der Waals surface area contributed by atoms with Crippen molar-refractivity contribution < 1.29 is 33.1 Å². The Morgan fingerprint density at radius 2 is 1.73 bits per heavy atom. The van der Waals surface area contributed by atoms with E-state index in [1.807, 2.05) is 39.8 Å². The average molecular weight is 461 g/mol. The molecule has 1 N–H and O–H groups in total. The second-order valence-electron chi connectivity index (χ2n) is 9.79. The van der Waals surface area contributed by atoms with Crippen LogP contribution in [0.25, 0.3) is 6.08 Å². The molecule has 0 bridgehead atoms. The summed E-state index contributed by atoms with van der Waals surface area (Å²) in [6.07, 6.45) is 2.51. The monoisotopic (exact) mass is 461 g/mol. The summed E-state index contributed by atoms with van der Waals surface area (Å²) in [4.78, 5) is 23.5. The van der Waals surface area contributed by atoms with E-state index in [2.05, 4.69) is 5.32 Å². The first-order valence-corrected chi connectivity index (χ1v) is 11.2. The Bertz CT molecular complexity index is 858. The highest BCUT2D eigenvalue weighted by molar-refractivity contribution is 6.62. The molecule has 0 radical (unpaired) electrons. The first-order valence-electron chi connectivity index (χ1n) is 11.2. The van der Waals surface area contributed by atoms with Gasteiger partial charge in [-0.25, -0.2) is 9.59 Å². The minimum Gasteiger partial charge on any atom is -0.492 e. The van der Waals surface area contributed by atoms with Crippen molar-refractivity contribution in [2.45, 2.75) is 72.2 Å². The Labute approximate surface area is 197 Å². The van der Waals surface area contributed by atoms with Crippen molar-refractivity contribution in [1.29, 1.82) is 0 Å². The van der Waals surface area contributed by atoms with Gasteiger partial charge in [0, 0.05) is 6.08 Å². The van der Waals surface area contributed by atoms with Crippen molar-refractivity contribution in [1.82, 2.24) is 5.32 Å². The minimum absolute atomic E-state index is 0.229. The predicted molar refractivity (Wildman–Crippen MR) is 128 cm³/mol. The molecule has 1 aromatic carbocycles. The quantitative estimate of drug-likeness (QED) is 0.274. The number of amides is 1. The van der Waals surface area contributed by atoms with E-state index in [-0.39, 0.29) is 13.2 Å². The molecule has 2 rings (SSSR count). The second kappa shape index (κ2) is 10.6. The Balaban J connectivity index is 2.15. The number of hydrogen-bond acceptors (Lipinski definition) is 7. The van der Waals surface area contributed by atoms with Crippen LogP contribution in [0.2, 0.25) is 0 Å². The van der Waals surface area contributed by atoms with E-state index in [0.717, 1.165) is 11.0 Å². The summed E-state index contributed by atoms with van der Waals surface area (Å²) in [5.74, 6) is 0.124. The number of rotatable bonds is 8. The van der Waals surface area contributed by atoms with Gasteiger partial charge in [-0.3, -0.25) is 0 Å². The predicted octanol–water partition coefficient (Wildman–Crippen LogP) is 3.47. The van der Waals surface area contributed by atoms with Crippen molar-refractivity contribution in [3.05, 3.63) is 29.8 Å². The highest BCUT2D eigenvalue weighted by Gasteiger charge is 2.51. The largest absolute Gasteiger partial charge is 0.494 e. The number of nitrogens with one attached hydrogen (secondary N) is 1. The van der Waals surface area contributed by atoms with E-state index in [4.69, 9.17) is 23.5 Å². The van der Waals surface area contributed by atoms with Crippen LogP contribution in [0.4, 0.5) is 4.79 Å². The molecule has 1 amide bonds. The van der Waals surface area contributed by atoms with E-state index in [9.17, 15) is 9.59 Å². The van der Waals surface area contributed by atoms with Crippen molar-refractivity contribution in [3.63, 3.8) is 0 Å². The molecule has 0 saturated carbocycles. The Morgan fingerprint density at radius 3 is 2.30 bits per heavy atom. The van der Waals surface area contributed by atoms with Crippen molar-refractivity contribution in [2.24, 2.45) is 0 Å². The molecule has 0 aliphatic carbocycles. The van der Waals surface area contributed by atoms with Crippen LogP contribution in [0.15, 0.2) is 24.3 Å². The molecule has 1 aliphatic rings. The molecule has 0 spiro atoms. The van der Waals surface area contributed by atoms with Gasteiger partial charge < -0.3 is 28.8 Å². The Hall–Kier alpha value is -2.52. The molecule has 9 heteroatoms. The van der Waals surface area contributed by atoms with Gasteiger partial charge >= 0.3 is 19.2 Å². The van der Waals surface area contributed by atoms with Gasteiger partial charge in [0.15, 0.2) is 0 Å². The molecular formula is C24H36BNO7. The fraction of sp³-hybridized carbons (Fsp3) is 0.583. The average Bonchev–Trinajstić information content (AvgIpc) is 2.90. The van der Waals surface area contributed by atoms with Crippen molar-refractivity contribution in [3.8, 4) is 5.75 Å². The number of carbonyl (C=O) groups excluding carboxylic acids is 2. The van der Waals surface area contributed by atoms with Gasteiger partial charge in [-0.1, -0.05) is 6.07 Å². The molecule has 182 valence electrons. The number of ether oxygens (including phenoxy) is 3. The zero-order valence-electron chi connectivity index (χ0n) is 20.9. The van der Waals surface area contributed by atoms with Crippen LogP contribution < -0.4 is 15.5 Å². The topological polar surface area (TPSA) is 92.3 Å². The number of alkyl carbamates (subject to hydrolysis) is 1. The van der Waals surface area contributed by atoms with Gasteiger partial charge in [0.2, 0.25) is 0 Å². The number of benzene rings is 1. The maximum Gasteiger partial charge on any atom is 0.494 e. The zero-order chi connectivity index (χ0) is 24.9. The van der Waals surface area contributed by atoms with Crippen LogP contribution in [0, 0.1) is 0 Å². The normalized spacial score (nSPS) is 17.2. The molecule has 8 nitrogen and oxygen atoms in total. The van der Waals surface area contributed by atoms with Gasteiger partial charge in [0.1, 0.15) is 18.0 Å². The van der Waals surface area contributed by atoms with Crippen LogP contribution in [-0.4, -0.2) is 55.7 Å². The van der Waals surface area contributed by atoms with Crippen LogP contribution in [0.5, 0.6) is 5.75 Å². The van der Waals surface area contributed by atoms with Crippen LogP contribution in [0.1, 0.15) is 61.0 Å². The van der Waals surface area contributed by atoms with E-state index in [1.54, 1.807) is 39.8 Å². The molecular weight excluding hydrogens is 425 g/mol. The lowest BCUT2D eigenvalue weighted by molar-refractivity contribution is -0.137. The number of hydrogen-bond donors (Lipinski definition) is 1. The lowest BCUT2D eigenvalue weighted by atomic mass is 9.78. The van der Waals surface area contributed by atoms with E-state index in [0.29, 0.717) is 12.4 Å². The molecule has 1 saturated heterocycles. The van der Waals surface area contributed by atoms with Gasteiger partial charge in [0.25, 0.3) is 0 Å². The summed E-state index contributed by atoms with van der Waals surface area (Å²) in [5, 5.41) is 2.66. The minimum atomic E-state index is -0.590. The third-order valence-electron chi connectivity index (χ3n) is 5.21. The molecule has 0 aromatic heterocycles. The fourth-order valence-corrected chi connectivity index (χ4v) is 2.93. The summed E-state index contributed by atoms with van der Waals surface area (Å²) in [5.41, 5.74) is -0.0675. The lowest BCUT2D eigenvalue weighted by Gasteiger charge is -2.32. The standard InChI is InChI=1S/C24H36BNO7/c1-9-29-20(27)11-10-17-14-18(25-32-23(5,6)24(7,8)33-25)16-19(15-17)30-13-12-26-21(28)31-22(2,3)4/h10-11,14-16H,9,12-13H2,1-8H3,(H,26,28)/b11-10+. The maximum absolute atomic E-state index is 11.8. The van der Waals surface area contributed by atoms with Crippen molar-refractivity contribution >= 4 is 30.7 Å². The number of esters is 1. The Kier molecular flexibility index (Phi) is 8.60. The van der Waals surface area contributed by atoms with Gasteiger partial charge in [-0.2, -0.15) is 0 Å². The Morgan fingerprint density at radius 1 is 1.09 bits per heavy atom. The highest BCUT2D eigenvalue weighted by Crippen LogP contribution is 2.36.